The lowest BCUT2D eigenvalue weighted by Gasteiger charge is -2.27. The average Bonchev–Trinajstić information content (AvgIpc) is 2.14. The predicted molar refractivity (Wildman–Crippen MR) is 44.9 cm³/mol. The summed E-state index contributed by atoms with van der Waals surface area (Å²) in [6.07, 6.45) is -3.98. The second kappa shape index (κ2) is 4.83. The summed E-state index contributed by atoms with van der Waals surface area (Å²) in [4.78, 5) is 11.1. The van der Waals surface area contributed by atoms with Crippen molar-refractivity contribution in [1.82, 2.24) is 0 Å². The van der Waals surface area contributed by atoms with Gasteiger partial charge in [0.25, 0.3) is 0 Å². The third-order valence-corrected chi connectivity index (χ3v) is 2.46. The molecule has 3 nitrogen and oxygen atoms in total. The van der Waals surface area contributed by atoms with E-state index in [1.54, 1.807) is 0 Å². The smallest absolute Gasteiger partial charge is 0.469 e. The quantitative estimate of drug-likeness (QED) is 0.677. The first kappa shape index (κ1) is 12.3. The van der Waals surface area contributed by atoms with E-state index in [1.165, 1.54) is 7.11 Å². The molecular weight excluding hydrogens is 213 g/mol. The van der Waals surface area contributed by atoms with Crippen LogP contribution in [0, 0.1) is 5.92 Å². The molecule has 0 heterocycles. The highest BCUT2D eigenvalue weighted by molar-refractivity contribution is 5.72. The van der Waals surface area contributed by atoms with E-state index in [1.807, 2.05) is 0 Å². The van der Waals surface area contributed by atoms with Crippen molar-refractivity contribution in [2.75, 3.05) is 7.11 Å². The number of ether oxygens (including phenoxy) is 2. The molecule has 0 bridgehead atoms. The zero-order chi connectivity index (χ0) is 11.5. The second-order valence-corrected chi connectivity index (χ2v) is 3.57. The maximum absolute atomic E-state index is 11.9. The highest BCUT2D eigenvalue weighted by Gasteiger charge is 2.37. The number of carbonyl (C=O) groups is 1. The summed E-state index contributed by atoms with van der Waals surface area (Å²) in [6.45, 7) is 0. The molecule has 0 saturated heterocycles. The Hall–Kier alpha value is -0.780. The molecule has 1 fully saturated rings. The molecule has 2 atom stereocenters. The lowest BCUT2D eigenvalue weighted by molar-refractivity contribution is -0.346. The Labute approximate surface area is 85.5 Å². The minimum atomic E-state index is -4.62. The molecule has 1 rings (SSSR count). The molecule has 1 aliphatic rings. The molecule has 0 N–H and O–H groups in total. The van der Waals surface area contributed by atoms with Crippen LogP contribution in [0.3, 0.4) is 0 Å². The van der Waals surface area contributed by atoms with Crippen LogP contribution < -0.4 is 0 Å². The summed E-state index contributed by atoms with van der Waals surface area (Å²) >= 11 is 0. The Morgan fingerprint density at radius 1 is 1.33 bits per heavy atom. The minimum Gasteiger partial charge on any atom is -0.469 e. The van der Waals surface area contributed by atoms with Crippen LogP contribution in [0.1, 0.15) is 25.7 Å². The Bertz CT molecular complexity index is 227. The molecule has 2 unspecified atom stereocenters. The van der Waals surface area contributed by atoms with Gasteiger partial charge < -0.3 is 4.74 Å². The third-order valence-electron chi connectivity index (χ3n) is 2.46. The summed E-state index contributed by atoms with van der Waals surface area (Å²) in [5, 5.41) is 0. The van der Waals surface area contributed by atoms with Crippen molar-refractivity contribution < 1.29 is 27.4 Å². The lowest BCUT2D eigenvalue weighted by Crippen LogP contribution is -2.32. The van der Waals surface area contributed by atoms with Gasteiger partial charge in [0.05, 0.1) is 19.1 Å². The molecule has 0 aromatic heterocycles. The van der Waals surface area contributed by atoms with E-state index in [4.69, 9.17) is 0 Å². The van der Waals surface area contributed by atoms with Crippen LogP contribution >= 0.6 is 0 Å². The van der Waals surface area contributed by atoms with Gasteiger partial charge in [-0.3, -0.25) is 9.53 Å². The highest BCUT2D eigenvalue weighted by Crippen LogP contribution is 2.31. The van der Waals surface area contributed by atoms with E-state index >= 15 is 0 Å². The number of carbonyl (C=O) groups excluding carboxylic acids is 1. The van der Waals surface area contributed by atoms with Crippen LogP contribution in [-0.2, 0) is 14.3 Å². The second-order valence-electron chi connectivity index (χ2n) is 3.57. The fourth-order valence-electron chi connectivity index (χ4n) is 1.82. The molecular formula is C9H13F3O3. The highest BCUT2D eigenvalue weighted by atomic mass is 19.4. The van der Waals surface area contributed by atoms with Gasteiger partial charge in [-0.15, -0.1) is 13.2 Å². The molecule has 88 valence electrons. The topological polar surface area (TPSA) is 35.5 Å². The monoisotopic (exact) mass is 226 g/mol. The molecule has 0 spiro atoms. The number of hydrogen-bond acceptors (Lipinski definition) is 3. The number of rotatable bonds is 2. The van der Waals surface area contributed by atoms with Crippen molar-refractivity contribution >= 4 is 5.97 Å². The van der Waals surface area contributed by atoms with Gasteiger partial charge in [-0.1, -0.05) is 6.42 Å². The van der Waals surface area contributed by atoms with Crippen molar-refractivity contribution in [1.29, 1.82) is 0 Å². The minimum absolute atomic E-state index is 0.0895. The fourth-order valence-corrected chi connectivity index (χ4v) is 1.82. The molecule has 0 aromatic rings. The van der Waals surface area contributed by atoms with Gasteiger partial charge in [-0.05, 0) is 19.3 Å². The van der Waals surface area contributed by atoms with Crippen molar-refractivity contribution in [3.05, 3.63) is 0 Å². The normalized spacial score (nSPS) is 27.5. The van der Waals surface area contributed by atoms with Gasteiger partial charge in [-0.2, -0.15) is 0 Å². The van der Waals surface area contributed by atoms with Gasteiger partial charge in [0.2, 0.25) is 0 Å². The Morgan fingerprint density at radius 3 is 2.53 bits per heavy atom. The fraction of sp³-hybridized carbons (Fsp3) is 0.889. The summed E-state index contributed by atoms with van der Waals surface area (Å²) in [6, 6.07) is 0. The SMILES string of the molecule is COC(=O)C1CCCC(OC(F)(F)F)C1. The maximum atomic E-state index is 11.9. The molecule has 0 aromatic carbocycles. The van der Waals surface area contributed by atoms with Gasteiger partial charge >= 0.3 is 12.3 Å². The molecule has 1 aliphatic carbocycles. The molecule has 15 heavy (non-hydrogen) atoms. The van der Waals surface area contributed by atoms with E-state index in [2.05, 4.69) is 9.47 Å². The van der Waals surface area contributed by atoms with E-state index in [0.29, 0.717) is 19.3 Å². The van der Waals surface area contributed by atoms with E-state index in [-0.39, 0.29) is 6.42 Å². The van der Waals surface area contributed by atoms with E-state index < -0.39 is 24.4 Å². The standard InChI is InChI=1S/C9H13F3O3/c1-14-8(13)6-3-2-4-7(5-6)15-9(10,11)12/h6-7H,2-5H2,1H3. The largest absolute Gasteiger partial charge is 0.522 e. The number of halogens is 3. The van der Waals surface area contributed by atoms with Gasteiger partial charge in [0.15, 0.2) is 0 Å². The van der Waals surface area contributed by atoms with Crippen LogP contribution in [-0.4, -0.2) is 25.5 Å². The van der Waals surface area contributed by atoms with Crippen LogP contribution in [0.5, 0.6) is 0 Å². The molecule has 0 amide bonds. The molecule has 0 radical (unpaired) electrons. The molecule has 6 heteroatoms. The lowest BCUT2D eigenvalue weighted by atomic mass is 9.87. The number of alkyl halides is 3. The summed E-state index contributed by atoms with van der Waals surface area (Å²) in [7, 11) is 1.23. The van der Waals surface area contributed by atoms with Crippen molar-refractivity contribution in [2.45, 2.75) is 38.1 Å². The number of hydrogen-bond donors (Lipinski definition) is 0. The summed E-state index contributed by atoms with van der Waals surface area (Å²) < 4.78 is 44.1. The van der Waals surface area contributed by atoms with Crippen LogP contribution in [0.4, 0.5) is 13.2 Å². The average molecular weight is 226 g/mol. The predicted octanol–water partition coefficient (Wildman–Crippen LogP) is 2.25. The van der Waals surface area contributed by atoms with Crippen molar-refractivity contribution in [2.24, 2.45) is 5.92 Å². The van der Waals surface area contributed by atoms with Gasteiger partial charge in [-0.25, -0.2) is 0 Å². The van der Waals surface area contributed by atoms with E-state index in [0.717, 1.165) is 0 Å². The van der Waals surface area contributed by atoms with Crippen LogP contribution in [0.25, 0.3) is 0 Å². The zero-order valence-electron chi connectivity index (χ0n) is 8.34. The molecule has 0 aliphatic heterocycles. The number of methoxy groups -OCH3 is 1. The Kier molecular flexibility index (Phi) is 3.96. The van der Waals surface area contributed by atoms with Crippen LogP contribution in [0.2, 0.25) is 0 Å². The Morgan fingerprint density at radius 2 is 2.00 bits per heavy atom. The zero-order valence-corrected chi connectivity index (χ0v) is 8.34. The van der Waals surface area contributed by atoms with Crippen molar-refractivity contribution in [3.63, 3.8) is 0 Å². The van der Waals surface area contributed by atoms with Crippen molar-refractivity contribution in [3.8, 4) is 0 Å². The first-order valence-electron chi connectivity index (χ1n) is 4.74. The maximum Gasteiger partial charge on any atom is 0.522 e. The summed E-state index contributed by atoms with van der Waals surface area (Å²) in [5.74, 6) is -0.915. The first-order valence-corrected chi connectivity index (χ1v) is 4.74. The third kappa shape index (κ3) is 4.07. The van der Waals surface area contributed by atoms with Crippen LogP contribution in [0.15, 0.2) is 0 Å². The number of esters is 1. The van der Waals surface area contributed by atoms with Gasteiger partial charge in [0.1, 0.15) is 0 Å². The van der Waals surface area contributed by atoms with Gasteiger partial charge in [0, 0.05) is 0 Å². The van der Waals surface area contributed by atoms with E-state index in [9.17, 15) is 18.0 Å². The Balaban J connectivity index is 2.46. The summed E-state index contributed by atoms with van der Waals surface area (Å²) in [5.41, 5.74) is 0. The molecule has 1 saturated carbocycles. The first-order chi connectivity index (χ1) is 6.92.